The van der Waals surface area contributed by atoms with E-state index in [-0.39, 0.29) is 5.91 Å². The van der Waals surface area contributed by atoms with E-state index in [0.717, 1.165) is 46.1 Å². The van der Waals surface area contributed by atoms with Crippen molar-refractivity contribution in [3.63, 3.8) is 0 Å². The van der Waals surface area contributed by atoms with Gasteiger partial charge < -0.3 is 9.64 Å². The molecule has 3 aromatic heterocycles. The molecule has 2 aliphatic heterocycles. The van der Waals surface area contributed by atoms with Gasteiger partial charge in [0.2, 0.25) is 5.88 Å². The largest absolute Gasteiger partial charge is 0.477 e. The summed E-state index contributed by atoms with van der Waals surface area (Å²) in [5, 5.41) is 5.26. The Hall–Kier alpha value is -2.48. The number of pyridine rings is 2. The molecule has 0 aliphatic carbocycles. The fourth-order valence-electron chi connectivity index (χ4n) is 3.56. The molecule has 0 unspecified atom stereocenters. The molecule has 8 heteroatoms. The highest BCUT2D eigenvalue weighted by Crippen LogP contribution is 2.27. The van der Waals surface area contributed by atoms with E-state index in [1.54, 1.807) is 17.1 Å². The lowest BCUT2D eigenvalue weighted by atomic mass is 10.0. The molecule has 5 heterocycles. The third-order valence-corrected chi connectivity index (χ3v) is 5.28. The van der Waals surface area contributed by atoms with Gasteiger partial charge in [-0.15, -0.1) is 0 Å². The van der Waals surface area contributed by atoms with Gasteiger partial charge in [-0.3, -0.25) is 4.79 Å². The van der Waals surface area contributed by atoms with E-state index in [1.165, 1.54) is 0 Å². The molecule has 3 aromatic rings. The topological polar surface area (TPSA) is 73.1 Å². The Balaban J connectivity index is 1.46. The van der Waals surface area contributed by atoms with E-state index >= 15 is 0 Å². The Bertz CT molecular complexity index is 1030. The molecule has 0 fully saturated rings. The van der Waals surface area contributed by atoms with Gasteiger partial charge in [0.15, 0.2) is 5.65 Å². The minimum atomic E-state index is -0.0359. The molecule has 0 saturated heterocycles. The lowest BCUT2D eigenvalue weighted by Gasteiger charge is -2.28. The first-order chi connectivity index (χ1) is 12.7. The third kappa shape index (κ3) is 2.56. The monoisotopic (exact) mass is 413 g/mol. The van der Waals surface area contributed by atoms with Crippen molar-refractivity contribution >= 4 is 32.9 Å². The average Bonchev–Trinajstić information content (AvgIpc) is 3.09. The maximum Gasteiger partial charge on any atom is 0.261 e. The predicted molar refractivity (Wildman–Crippen MR) is 98.0 cm³/mol. The average molecular weight is 414 g/mol. The second-order valence-corrected chi connectivity index (χ2v) is 7.48. The molecule has 7 nitrogen and oxygen atoms in total. The molecule has 132 valence electrons. The molecule has 1 amide bonds. The summed E-state index contributed by atoms with van der Waals surface area (Å²) in [6.07, 6.45) is 5.02. The van der Waals surface area contributed by atoms with Crippen LogP contribution in [-0.4, -0.2) is 43.7 Å². The molecule has 26 heavy (non-hydrogen) atoms. The highest BCUT2D eigenvalue weighted by molar-refractivity contribution is 9.10. The molecule has 0 atom stereocenters. The number of carbonyl (C=O) groups is 1. The zero-order valence-electron chi connectivity index (χ0n) is 14.0. The van der Waals surface area contributed by atoms with Gasteiger partial charge in [-0.2, -0.15) is 5.10 Å². The molecule has 0 spiro atoms. The summed E-state index contributed by atoms with van der Waals surface area (Å²) in [4.78, 5) is 23.9. The van der Waals surface area contributed by atoms with Crippen LogP contribution in [0.2, 0.25) is 0 Å². The molecule has 0 aromatic carbocycles. The number of aryl methyl sites for hydroxylation is 1. The van der Waals surface area contributed by atoms with E-state index < -0.39 is 0 Å². The normalized spacial score (nSPS) is 16.1. The smallest absolute Gasteiger partial charge is 0.261 e. The second kappa shape index (κ2) is 6.05. The fourth-order valence-corrected chi connectivity index (χ4v) is 3.91. The molecule has 0 bridgehead atoms. The first-order valence-electron chi connectivity index (χ1n) is 8.61. The molecule has 2 aliphatic rings. The van der Waals surface area contributed by atoms with Gasteiger partial charge in [0.25, 0.3) is 5.91 Å². The Labute approximate surface area is 158 Å². The summed E-state index contributed by atoms with van der Waals surface area (Å²) in [7, 11) is 0. The first-order valence-corrected chi connectivity index (χ1v) is 9.40. The number of fused-ring (bicyclic) bond motifs is 3. The molecular formula is C18H16BrN5O2. The van der Waals surface area contributed by atoms with Crippen molar-refractivity contribution in [3.8, 4) is 5.88 Å². The van der Waals surface area contributed by atoms with Crippen molar-refractivity contribution in [2.45, 2.75) is 25.9 Å². The van der Waals surface area contributed by atoms with Crippen LogP contribution in [0.5, 0.6) is 5.88 Å². The van der Waals surface area contributed by atoms with Crippen molar-refractivity contribution in [2.75, 3.05) is 13.2 Å². The summed E-state index contributed by atoms with van der Waals surface area (Å²) in [5.74, 6) is 0.558. The van der Waals surface area contributed by atoms with Crippen molar-refractivity contribution in [1.29, 1.82) is 0 Å². The van der Waals surface area contributed by atoms with Crippen molar-refractivity contribution in [2.24, 2.45) is 0 Å². The van der Waals surface area contributed by atoms with Crippen LogP contribution in [0, 0.1) is 0 Å². The molecular weight excluding hydrogens is 398 g/mol. The standard InChI is InChI=1S/C18H16BrN5O2/c19-13-7-11-6-12-10-23(4-2-15(12)22-16(11)20-8-13)17(25)14-9-21-24-3-1-5-26-18(14)24/h6-9H,1-5,10H2. The zero-order chi connectivity index (χ0) is 17.7. The molecule has 5 rings (SSSR count). The molecule has 0 N–H and O–H groups in total. The quantitative estimate of drug-likeness (QED) is 0.612. The first kappa shape index (κ1) is 15.7. The minimum Gasteiger partial charge on any atom is -0.477 e. The van der Waals surface area contributed by atoms with Gasteiger partial charge in [-0.05, 0) is 33.6 Å². The molecule has 0 saturated carbocycles. The highest BCUT2D eigenvalue weighted by atomic mass is 79.9. The summed E-state index contributed by atoms with van der Waals surface area (Å²) in [6.45, 7) is 2.59. The van der Waals surface area contributed by atoms with Crippen LogP contribution in [0.15, 0.2) is 29.0 Å². The maximum atomic E-state index is 13.0. The number of ether oxygens (including phenoxy) is 1. The van der Waals surface area contributed by atoms with Gasteiger partial charge in [0.1, 0.15) is 5.56 Å². The zero-order valence-corrected chi connectivity index (χ0v) is 15.6. The van der Waals surface area contributed by atoms with Crippen LogP contribution in [0.25, 0.3) is 11.0 Å². The minimum absolute atomic E-state index is 0.0359. The second-order valence-electron chi connectivity index (χ2n) is 6.56. The number of hydrogen-bond acceptors (Lipinski definition) is 5. The lowest BCUT2D eigenvalue weighted by molar-refractivity contribution is 0.0727. The summed E-state index contributed by atoms with van der Waals surface area (Å²) < 4.78 is 8.36. The van der Waals surface area contributed by atoms with Crippen LogP contribution in [0.1, 0.15) is 28.0 Å². The van der Waals surface area contributed by atoms with E-state index in [1.807, 2.05) is 11.0 Å². The third-order valence-electron chi connectivity index (χ3n) is 4.84. The number of halogens is 1. The summed E-state index contributed by atoms with van der Waals surface area (Å²) in [6, 6.07) is 4.08. The van der Waals surface area contributed by atoms with Crippen LogP contribution >= 0.6 is 15.9 Å². The van der Waals surface area contributed by atoms with Gasteiger partial charge in [-0.1, -0.05) is 0 Å². The lowest BCUT2D eigenvalue weighted by Crippen LogP contribution is -2.36. The van der Waals surface area contributed by atoms with Crippen molar-refractivity contribution < 1.29 is 9.53 Å². The van der Waals surface area contributed by atoms with Crippen LogP contribution < -0.4 is 4.74 Å². The van der Waals surface area contributed by atoms with Gasteiger partial charge in [0.05, 0.1) is 12.8 Å². The Kier molecular flexibility index (Phi) is 3.66. The number of nitrogens with zero attached hydrogens (tertiary/aromatic N) is 5. The van der Waals surface area contributed by atoms with Gasteiger partial charge >= 0.3 is 0 Å². The van der Waals surface area contributed by atoms with Crippen molar-refractivity contribution in [1.82, 2.24) is 24.6 Å². The van der Waals surface area contributed by atoms with Crippen LogP contribution in [-0.2, 0) is 19.5 Å². The van der Waals surface area contributed by atoms with E-state index in [0.29, 0.717) is 31.1 Å². The van der Waals surface area contributed by atoms with E-state index in [9.17, 15) is 4.79 Å². The predicted octanol–water partition coefficient (Wildman–Crippen LogP) is 2.57. The highest BCUT2D eigenvalue weighted by Gasteiger charge is 2.28. The molecule has 0 radical (unpaired) electrons. The number of aromatic nitrogens is 4. The van der Waals surface area contributed by atoms with E-state index in [2.05, 4.69) is 37.1 Å². The number of carbonyl (C=O) groups excluding carboxylic acids is 1. The van der Waals surface area contributed by atoms with Crippen LogP contribution in [0.3, 0.4) is 0 Å². The Morgan fingerprint density at radius 3 is 3.08 bits per heavy atom. The number of amides is 1. The fraction of sp³-hybridized carbons (Fsp3) is 0.333. The van der Waals surface area contributed by atoms with Gasteiger partial charge in [-0.25, -0.2) is 14.6 Å². The van der Waals surface area contributed by atoms with E-state index in [4.69, 9.17) is 4.74 Å². The Morgan fingerprint density at radius 1 is 1.23 bits per heavy atom. The summed E-state index contributed by atoms with van der Waals surface area (Å²) >= 11 is 3.45. The van der Waals surface area contributed by atoms with Gasteiger partial charge in [0, 0.05) is 54.2 Å². The van der Waals surface area contributed by atoms with Crippen molar-refractivity contribution in [3.05, 3.63) is 45.8 Å². The maximum absolute atomic E-state index is 13.0. The number of hydrogen-bond donors (Lipinski definition) is 0. The van der Waals surface area contributed by atoms with Crippen LogP contribution in [0.4, 0.5) is 0 Å². The Morgan fingerprint density at radius 2 is 2.15 bits per heavy atom. The number of rotatable bonds is 1. The SMILES string of the molecule is O=C(c1cnn2c1OCCC2)N1CCc2nc3ncc(Br)cc3cc2C1. The summed E-state index contributed by atoms with van der Waals surface area (Å²) in [5.41, 5.74) is 3.38.